The molecule has 1 aromatic heterocycles. The minimum Gasteiger partial charge on any atom is -0.497 e. The van der Waals surface area contributed by atoms with Gasteiger partial charge in [0.1, 0.15) is 11.5 Å². The quantitative estimate of drug-likeness (QED) is 0.576. The highest BCUT2D eigenvalue weighted by molar-refractivity contribution is 7.14. The van der Waals surface area contributed by atoms with E-state index in [4.69, 9.17) is 9.47 Å². The van der Waals surface area contributed by atoms with Gasteiger partial charge in [-0.25, -0.2) is 4.98 Å². The molecule has 0 saturated heterocycles. The Morgan fingerprint density at radius 2 is 1.89 bits per heavy atom. The van der Waals surface area contributed by atoms with Gasteiger partial charge in [0.25, 0.3) is 0 Å². The van der Waals surface area contributed by atoms with Crippen LogP contribution in [0.15, 0.2) is 47.8 Å². The molecule has 1 N–H and O–H groups in total. The summed E-state index contributed by atoms with van der Waals surface area (Å²) < 4.78 is 10.7. The maximum Gasteiger partial charge on any atom is 0.226 e. The molecule has 0 aliphatic rings. The van der Waals surface area contributed by atoms with Crippen molar-refractivity contribution in [1.82, 2.24) is 4.98 Å². The number of hydrogen-bond acceptors (Lipinski definition) is 5. The van der Waals surface area contributed by atoms with Crippen LogP contribution in [0.25, 0.3) is 11.3 Å². The van der Waals surface area contributed by atoms with E-state index in [-0.39, 0.29) is 5.91 Å². The summed E-state index contributed by atoms with van der Waals surface area (Å²) in [7, 11) is 3.24. The molecule has 1 amide bonds. The number of nitrogens with zero attached hydrogens (tertiary/aromatic N) is 1. The topological polar surface area (TPSA) is 60.5 Å². The minimum absolute atomic E-state index is 0.0226. The van der Waals surface area contributed by atoms with E-state index < -0.39 is 0 Å². The maximum absolute atomic E-state index is 12.2. The standard InChI is InChI=1S/C22H24N2O3S/c1-15-7-9-16(10-8-15)5-4-6-21(25)24-22-23-19(14-28-22)18-13-17(26-2)11-12-20(18)27-3/h7-14H,4-6H2,1-3H3,(H,23,24,25). The van der Waals surface area contributed by atoms with Crippen molar-refractivity contribution in [3.05, 3.63) is 59.0 Å². The number of ether oxygens (including phenoxy) is 2. The number of methoxy groups -OCH3 is 2. The molecule has 0 fully saturated rings. The van der Waals surface area contributed by atoms with Gasteiger partial charge in [-0.3, -0.25) is 4.79 Å². The van der Waals surface area contributed by atoms with E-state index >= 15 is 0 Å². The Morgan fingerprint density at radius 3 is 2.61 bits per heavy atom. The first-order valence-corrected chi connectivity index (χ1v) is 10.0. The summed E-state index contributed by atoms with van der Waals surface area (Å²) in [5, 5.41) is 5.38. The molecule has 0 spiro atoms. The SMILES string of the molecule is COc1ccc(OC)c(-c2csc(NC(=O)CCCc3ccc(C)cc3)n2)c1. The molecule has 6 heteroatoms. The lowest BCUT2D eigenvalue weighted by Crippen LogP contribution is -2.11. The Bertz CT molecular complexity index is 935. The summed E-state index contributed by atoms with van der Waals surface area (Å²) in [4.78, 5) is 16.8. The monoisotopic (exact) mass is 396 g/mol. The number of anilines is 1. The molecule has 0 aliphatic heterocycles. The average Bonchev–Trinajstić information content (AvgIpc) is 3.17. The minimum atomic E-state index is -0.0226. The fourth-order valence-electron chi connectivity index (χ4n) is 2.86. The van der Waals surface area contributed by atoms with Gasteiger partial charge in [-0.05, 0) is 43.5 Å². The first kappa shape index (κ1) is 19.9. The molecule has 5 nitrogen and oxygen atoms in total. The van der Waals surface area contributed by atoms with Crippen molar-refractivity contribution in [3.63, 3.8) is 0 Å². The van der Waals surface area contributed by atoms with Crippen LogP contribution < -0.4 is 14.8 Å². The number of amides is 1. The van der Waals surface area contributed by atoms with Crippen LogP contribution in [-0.2, 0) is 11.2 Å². The summed E-state index contributed by atoms with van der Waals surface area (Å²) in [5.74, 6) is 1.41. The van der Waals surface area contributed by atoms with Crippen LogP contribution in [0.5, 0.6) is 11.5 Å². The Balaban J connectivity index is 1.58. The number of rotatable bonds is 8. The van der Waals surface area contributed by atoms with Gasteiger partial charge in [0.05, 0.1) is 19.9 Å². The number of carbonyl (C=O) groups excluding carboxylic acids is 1. The van der Waals surface area contributed by atoms with Crippen LogP contribution in [-0.4, -0.2) is 25.1 Å². The second-order valence-corrected chi connectivity index (χ2v) is 7.35. The maximum atomic E-state index is 12.2. The lowest BCUT2D eigenvalue weighted by Gasteiger charge is -2.08. The summed E-state index contributed by atoms with van der Waals surface area (Å²) in [5.41, 5.74) is 4.07. The van der Waals surface area contributed by atoms with Crippen molar-refractivity contribution in [2.45, 2.75) is 26.2 Å². The van der Waals surface area contributed by atoms with E-state index in [1.54, 1.807) is 14.2 Å². The number of aromatic nitrogens is 1. The predicted molar refractivity (Wildman–Crippen MR) is 113 cm³/mol. The molecular weight excluding hydrogens is 372 g/mol. The van der Waals surface area contributed by atoms with E-state index in [2.05, 4.69) is 41.5 Å². The number of benzene rings is 2. The molecule has 0 unspecified atom stereocenters. The molecule has 28 heavy (non-hydrogen) atoms. The van der Waals surface area contributed by atoms with E-state index in [9.17, 15) is 4.79 Å². The molecule has 0 radical (unpaired) electrons. The second-order valence-electron chi connectivity index (χ2n) is 6.49. The van der Waals surface area contributed by atoms with Crippen LogP contribution in [0, 0.1) is 6.92 Å². The van der Waals surface area contributed by atoms with Gasteiger partial charge in [0.2, 0.25) is 5.91 Å². The van der Waals surface area contributed by atoms with Crippen LogP contribution in [0.4, 0.5) is 5.13 Å². The summed E-state index contributed by atoms with van der Waals surface area (Å²) in [6.45, 7) is 2.07. The van der Waals surface area contributed by atoms with Crippen LogP contribution in [0.2, 0.25) is 0 Å². The molecule has 3 aromatic rings. The van der Waals surface area contributed by atoms with Crippen molar-refractivity contribution in [2.24, 2.45) is 0 Å². The van der Waals surface area contributed by atoms with Crippen molar-refractivity contribution in [1.29, 1.82) is 0 Å². The van der Waals surface area contributed by atoms with E-state index in [1.165, 1.54) is 22.5 Å². The zero-order valence-corrected chi connectivity index (χ0v) is 17.1. The Morgan fingerprint density at radius 1 is 1.11 bits per heavy atom. The first-order valence-electron chi connectivity index (χ1n) is 9.12. The number of nitrogens with one attached hydrogen (secondary N) is 1. The van der Waals surface area contributed by atoms with Crippen LogP contribution in [0.1, 0.15) is 24.0 Å². The third-order valence-electron chi connectivity index (χ3n) is 4.42. The Kier molecular flexibility index (Phi) is 6.66. The number of thiazole rings is 1. The summed E-state index contributed by atoms with van der Waals surface area (Å²) in [6, 6.07) is 14.0. The molecule has 1 heterocycles. The molecule has 0 bridgehead atoms. The molecule has 0 aliphatic carbocycles. The molecule has 3 rings (SSSR count). The van der Waals surface area contributed by atoms with Gasteiger partial charge < -0.3 is 14.8 Å². The fraction of sp³-hybridized carbons (Fsp3) is 0.273. The van der Waals surface area contributed by atoms with Crippen LogP contribution in [0.3, 0.4) is 0 Å². The van der Waals surface area contributed by atoms with Gasteiger partial charge >= 0.3 is 0 Å². The summed E-state index contributed by atoms with van der Waals surface area (Å²) in [6.07, 6.45) is 2.15. The van der Waals surface area contributed by atoms with Crippen molar-refractivity contribution in [2.75, 3.05) is 19.5 Å². The van der Waals surface area contributed by atoms with Gasteiger partial charge in [0, 0.05) is 17.4 Å². The third kappa shape index (κ3) is 5.10. The number of aryl methyl sites for hydroxylation is 2. The zero-order valence-electron chi connectivity index (χ0n) is 16.3. The molecule has 146 valence electrons. The highest BCUT2D eigenvalue weighted by Crippen LogP contribution is 2.35. The smallest absolute Gasteiger partial charge is 0.226 e. The van der Waals surface area contributed by atoms with Crippen molar-refractivity contribution >= 4 is 22.4 Å². The molecule has 2 aromatic carbocycles. The van der Waals surface area contributed by atoms with Crippen molar-refractivity contribution < 1.29 is 14.3 Å². The zero-order chi connectivity index (χ0) is 19.9. The molecule has 0 saturated carbocycles. The molecule has 0 atom stereocenters. The highest BCUT2D eigenvalue weighted by Gasteiger charge is 2.13. The van der Waals surface area contributed by atoms with E-state index in [0.29, 0.717) is 17.3 Å². The largest absolute Gasteiger partial charge is 0.497 e. The van der Waals surface area contributed by atoms with Crippen LogP contribution >= 0.6 is 11.3 Å². The first-order chi connectivity index (χ1) is 13.6. The van der Waals surface area contributed by atoms with Gasteiger partial charge in [0.15, 0.2) is 5.13 Å². The van der Waals surface area contributed by atoms with Crippen molar-refractivity contribution in [3.8, 4) is 22.8 Å². The van der Waals surface area contributed by atoms with E-state index in [1.807, 2.05) is 23.6 Å². The number of carbonyl (C=O) groups is 1. The van der Waals surface area contributed by atoms with Gasteiger partial charge in [-0.15, -0.1) is 11.3 Å². The third-order valence-corrected chi connectivity index (χ3v) is 5.18. The predicted octanol–water partition coefficient (Wildman–Crippen LogP) is 5.10. The highest BCUT2D eigenvalue weighted by atomic mass is 32.1. The Hall–Kier alpha value is -2.86. The second kappa shape index (κ2) is 9.37. The lowest BCUT2D eigenvalue weighted by molar-refractivity contribution is -0.116. The Labute approximate surface area is 169 Å². The normalized spacial score (nSPS) is 10.5. The average molecular weight is 397 g/mol. The van der Waals surface area contributed by atoms with Gasteiger partial charge in [-0.2, -0.15) is 0 Å². The lowest BCUT2D eigenvalue weighted by atomic mass is 10.1. The fourth-order valence-corrected chi connectivity index (χ4v) is 3.59. The van der Waals surface area contributed by atoms with E-state index in [0.717, 1.165) is 29.8 Å². The molecular formula is C22H24N2O3S. The van der Waals surface area contributed by atoms with Gasteiger partial charge in [-0.1, -0.05) is 29.8 Å². The summed E-state index contributed by atoms with van der Waals surface area (Å²) >= 11 is 1.40. The number of hydrogen-bond donors (Lipinski definition) is 1.